The summed E-state index contributed by atoms with van der Waals surface area (Å²) >= 11 is 0. The number of hydrogen-bond donors (Lipinski definition) is 3. The van der Waals surface area contributed by atoms with Crippen molar-refractivity contribution in [3.63, 3.8) is 0 Å². The highest BCUT2D eigenvalue weighted by atomic mass is 16.5. The summed E-state index contributed by atoms with van der Waals surface area (Å²) in [6.07, 6.45) is 7.36. The lowest BCUT2D eigenvalue weighted by atomic mass is 9.95. The van der Waals surface area contributed by atoms with Gasteiger partial charge in [0, 0.05) is 38.7 Å². The minimum atomic E-state index is -0.364. The molecule has 1 atom stereocenters. The van der Waals surface area contributed by atoms with Crippen LogP contribution in [0, 0.1) is 0 Å². The van der Waals surface area contributed by atoms with Crippen LogP contribution in [-0.2, 0) is 23.1 Å². The molecule has 4 rings (SSSR count). The number of amides is 2. The molecule has 3 aromatic rings. The Balaban J connectivity index is 1.53. The van der Waals surface area contributed by atoms with Gasteiger partial charge in [-0.05, 0) is 60.6 Å². The van der Waals surface area contributed by atoms with Gasteiger partial charge in [-0.1, -0.05) is 12.5 Å². The van der Waals surface area contributed by atoms with Crippen molar-refractivity contribution in [1.29, 1.82) is 0 Å². The molecule has 224 valence electrons. The van der Waals surface area contributed by atoms with E-state index in [-0.39, 0.29) is 23.3 Å². The summed E-state index contributed by atoms with van der Waals surface area (Å²) in [5, 5.41) is 13.2. The SMILES string of the molecule is COc1cc2c(c(OC)c1OC)-c1ccc(NCCCCCC(=O)Nc3cnn(C)c3)c(=O)cc1[C@@H](NC(C)=O)CC2. The van der Waals surface area contributed by atoms with E-state index in [1.54, 1.807) is 57.6 Å². The summed E-state index contributed by atoms with van der Waals surface area (Å²) in [5.41, 5.74) is 4.24. The molecule has 0 saturated carbocycles. The third-order valence-corrected chi connectivity index (χ3v) is 7.30. The molecule has 1 aliphatic rings. The average Bonchev–Trinajstić information content (AvgIpc) is 3.22. The number of methoxy groups -OCH3 is 3. The standard InChI is InChI=1S/C31H39N5O6/c1-19(37)34-24-12-10-20-15-27(40-3)30(41-4)31(42-5)29(20)22-11-13-25(26(38)16-23(22)24)32-14-8-6-7-9-28(39)35-21-17-33-36(2)18-21/h11,13,15-18,24H,6-10,12,14H2,1-5H3,(H,32,38)(H,34,37)(H,35,39)/t24-/m0/s1. The largest absolute Gasteiger partial charge is 0.493 e. The number of anilines is 2. The summed E-state index contributed by atoms with van der Waals surface area (Å²) < 4.78 is 18.7. The van der Waals surface area contributed by atoms with E-state index in [0.717, 1.165) is 36.0 Å². The lowest BCUT2D eigenvalue weighted by Gasteiger charge is -2.19. The number of aromatic nitrogens is 2. The van der Waals surface area contributed by atoms with Gasteiger partial charge in [0.05, 0.1) is 44.9 Å². The normalized spacial score (nSPS) is 13.7. The lowest BCUT2D eigenvalue weighted by molar-refractivity contribution is -0.119. The number of unbranched alkanes of at least 4 members (excludes halogenated alkanes) is 2. The Morgan fingerprint density at radius 2 is 1.83 bits per heavy atom. The van der Waals surface area contributed by atoms with E-state index in [9.17, 15) is 14.4 Å². The van der Waals surface area contributed by atoms with Crippen LogP contribution in [0.3, 0.4) is 0 Å². The van der Waals surface area contributed by atoms with Crippen LogP contribution in [0.5, 0.6) is 17.2 Å². The molecule has 2 aromatic carbocycles. The lowest BCUT2D eigenvalue weighted by Crippen LogP contribution is -2.26. The third kappa shape index (κ3) is 7.02. The van der Waals surface area contributed by atoms with Crippen LogP contribution in [0.25, 0.3) is 11.1 Å². The minimum absolute atomic E-state index is 0.0481. The van der Waals surface area contributed by atoms with Crippen molar-refractivity contribution in [1.82, 2.24) is 15.1 Å². The second kappa shape index (κ2) is 13.9. The van der Waals surface area contributed by atoms with E-state index in [0.29, 0.717) is 60.0 Å². The second-order valence-corrected chi connectivity index (χ2v) is 10.3. The van der Waals surface area contributed by atoms with Gasteiger partial charge in [0.1, 0.15) is 0 Å². The van der Waals surface area contributed by atoms with Crippen molar-refractivity contribution in [2.45, 2.75) is 51.5 Å². The number of aryl methyl sites for hydroxylation is 2. The van der Waals surface area contributed by atoms with Crippen LogP contribution < -0.4 is 35.6 Å². The zero-order chi connectivity index (χ0) is 30.2. The molecule has 1 heterocycles. The van der Waals surface area contributed by atoms with Crippen LogP contribution >= 0.6 is 0 Å². The highest BCUT2D eigenvalue weighted by molar-refractivity contribution is 5.90. The number of benzene rings is 1. The Morgan fingerprint density at radius 1 is 1.05 bits per heavy atom. The number of carbonyl (C=O) groups is 2. The summed E-state index contributed by atoms with van der Waals surface area (Å²) in [5.74, 6) is 1.30. The van der Waals surface area contributed by atoms with Gasteiger partial charge < -0.3 is 30.2 Å². The topological polar surface area (TPSA) is 133 Å². The summed E-state index contributed by atoms with van der Waals surface area (Å²) in [6.45, 7) is 2.05. The second-order valence-electron chi connectivity index (χ2n) is 10.3. The number of fused-ring (bicyclic) bond motifs is 3. The summed E-state index contributed by atoms with van der Waals surface area (Å²) in [6, 6.07) is 6.84. The van der Waals surface area contributed by atoms with Gasteiger partial charge in [0.15, 0.2) is 11.5 Å². The van der Waals surface area contributed by atoms with Crippen LogP contribution in [0.4, 0.5) is 11.4 Å². The van der Waals surface area contributed by atoms with E-state index < -0.39 is 0 Å². The fraction of sp³-hybridized carbons (Fsp3) is 0.419. The van der Waals surface area contributed by atoms with Crippen molar-refractivity contribution >= 4 is 23.2 Å². The Hall–Kier alpha value is -4.54. The number of nitrogens with zero attached hydrogens (tertiary/aromatic N) is 2. The number of ether oxygens (including phenoxy) is 3. The average molecular weight is 578 g/mol. The zero-order valence-electron chi connectivity index (χ0n) is 24.8. The first kappa shape index (κ1) is 30.4. The van der Waals surface area contributed by atoms with Gasteiger partial charge in [-0.15, -0.1) is 0 Å². The van der Waals surface area contributed by atoms with Gasteiger partial charge in [-0.25, -0.2) is 0 Å². The molecular formula is C31H39N5O6. The Bertz CT molecular complexity index is 1500. The first-order valence-electron chi connectivity index (χ1n) is 14.1. The molecule has 0 spiro atoms. The highest BCUT2D eigenvalue weighted by Gasteiger charge is 2.29. The van der Waals surface area contributed by atoms with E-state index >= 15 is 0 Å². The van der Waals surface area contributed by atoms with E-state index in [1.807, 2.05) is 12.1 Å². The maximum atomic E-state index is 13.4. The fourth-order valence-electron chi connectivity index (χ4n) is 5.37. The number of carbonyl (C=O) groups excluding carboxylic acids is 2. The first-order chi connectivity index (χ1) is 20.2. The van der Waals surface area contributed by atoms with Crippen molar-refractivity contribution in [3.8, 4) is 28.4 Å². The fourth-order valence-corrected chi connectivity index (χ4v) is 5.37. The smallest absolute Gasteiger partial charge is 0.224 e. The molecule has 2 amide bonds. The third-order valence-electron chi connectivity index (χ3n) is 7.30. The molecule has 11 nitrogen and oxygen atoms in total. The molecule has 42 heavy (non-hydrogen) atoms. The summed E-state index contributed by atoms with van der Waals surface area (Å²) in [7, 11) is 6.50. The van der Waals surface area contributed by atoms with Gasteiger partial charge in [0.2, 0.25) is 23.0 Å². The Kier molecular flexibility index (Phi) is 10.1. The predicted octanol–water partition coefficient (Wildman–Crippen LogP) is 4.21. The van der Waals surface area contributed by atoms with Gasteiger partial charge in [0.25, 0.3) is 0 Å². The molecule has 1 aromatic heterocycles. The van der Waals surface area contributed by atoms with Crippen molar-refractivity contribution in [3.05, 3.63) is 58.0 Å². The highest BCUT2D eigenvalue weighted by Crippen LogP contribution is 2.50. The van der Waals surface area contributed by atoms with Crippen LogP contribution in [-0.4, -0.2) is 49.5 Å². The van der Waals surface area contributed by atoms with Gasteiger partial charge in [-0.3, -0.25) is 19.1 Å². The number of hydrogen-bond acceptors (Lipinski definition) is 8. The van der Waals surface area contributed by atoms with Gasteiger partial charge in [-0.2, -0.15) is 5.10 Å². The van der Waals surface area contributed by atoms with E-state index in [2.05, 4.69) is 21.0 Å². The van der Waals surface area contributed by atoms with E-state index in [4.69, 9.17) is 14.2 Å². The van der Waals surface area contributed by atoms with E-state index in [1.165, 1.54) is 6.92 Å². The number of rotatable bonds is 12. The molecule has 11 heteroatoms. The molecule has 3 N–H and O–H groups in total. The molecule has 0 bridgehead atoms. The Labute approximate surface area is 245 Å². The van der Waals surface area contributed by atoms with Crippen molar-refractivity contribution in [2.24, 2.45) is 7.05 Å². The molecule has 0 fully saturated rings. The first-order valence-corrected chi connectivity index (χ1v) is 14.1. The molecule has 0 unspecified atom stereocenters. The Morgan fingerprint density at radius 3 is 2.50 bits per heavy atom. The van der Waals surface area contributed by atoms with Crippen LogP contribution in [0.1, 0.15) is 56.2 Å². The molecular weight excluding hydrogens is 538 g/mol. The molecule has 0 saturated heterocycles. The maximum Gasteiger partial charge on any atom is 0.224 e. The zero-order valence-corrected chi connectivity index (χ0v) is 24.8. The van der Waals surface area contributed by atoms with Gasteiger partial charge >= 0.3 is 0 Å². The summed E-state index contributed by atoms with van der Waals surface area (Å²) in [4.78, 5) is 37.7. The monoisotopic (exact) mass is 577 g/mol. The van der Waals surface area contributed by atoms with Crippen LogP contribution in [0.2, 0.25) is 0 Å². The quantitative estimate of drug-likeness (QED) is 0.273. The molecule has 1 aliphatic carbocycles. The van der Waals surface area contributed by atoms with Crippen LogP contribution in [0.15, 0.2) is 41.5 Å². The molecule has 0 radical (unpaired) electrons. The minimum Gasteiger partial charge on any atom is -0.493 e. The van der Waals surface area contributed by atoms with Crippen molar-refractivity contribution < 1.29 is 23.8 Å². The number of nitrogens with one attached hydrogen (secondary N) is 3. The maximum absolute atomic E-state index is 13.4. The van der Waals surface area contributed by atoms with Crippen molar-refractivity contribution in [2.75, 3.05) is 38.5 Å². The predicted molar refractivity (Wildman–Crippen MR) is 161 cm³/mol. The molecule has 0 aliphatic heterocycles.